The maximum absolute atomic E-state index is 12.7. The van der Waals surface area contributed by atoms with Gasteiger partial charge in [0.1, 0.15) is 0 Å². The van der Waals surface area contributed by atoms with E-state index in [0.717, 1.165) is 104 Å². The number of ether oxygens (including phenoxy) is 1. The van der Waals surface area contributed by atoms with Gasteiger partial charge in [-0.2, -0.15) is 0 Å². The molecule has 0 radical (unpaired) electrons. The molecule has 3 aliphatic heterocycles. The fourth-order valence-corrected chi connectivity index (χ4v) is 4.50. The van der Waals surface area contributed by atoms with Crippen molar-refractivity contribution in [1.29, 1.82) is 0 Å². The van der Waals surface area contributed by atoms with Gasteiger partial charge in [-0.25, -0.2) is 0 Å². The van der Waals surface area contributed by atoms with Crippen molar-refractivity contribution < 1.29 is 9.53 Å². The molecule has 0 aliphatic carbocycles. The number of unbranched alkanes of at least 4 members (excludes halogenated alkanes) is 1. The van der Waals surface area contributed by atoms with Crippen LogP contribution in [0.1, 0.15) is 32.6 Å². The molecule has 3 fully saturated rings. The molecule has 1 unspecified atom stereocenters. The zero-order chi connectivity index (χ0) is 20.5. The lowest BCUT2D eigenvalue weighted by atomic mass is 10.2. The fourth-order valence-electron chi connectivity index (χ4n) is 4.50. The summed E-state index contributed by atoms with van der Waals surface area (Å²) >= 11 is 0. The summed E-state index contributed by atoms with van der Waals surface area (Å²) in [7, 11) is 1.86. The second-order valence-electron chi connectivity index (χ2n) is 8.37. The number of piperazine rings is 1. The number of hydrogen-bond acceptors (Lipinski definition) is 5. The first-order valence-electron chi connectivity index (χ1n) is 11.5. The Morgan fingerprint density at radius 2 is 1.63 bits per heavy atom. The summed E-state index contributed by atoms with van der Waals surface area (Å²) < 4.78 is 5.40. The summed E-state index contributed by atoms with van der Waals surface area (Å²) in [5.41, 5.74) is 0. The molecular weight excluding hydrogens is 495 g/mol. The second-order valence-corrected chi connectivity index (χ2v) is 8.37. The van der Waals surface area contributed by atoms with Gasteiger partial charge < -0.3 is 19.9 Å². The van der Waals surface area contributed by atoms with Gasteiger partial charge in [-0.1, -0.05) is 0 Å². The van der Waals surface area contributed by atoms with Crippen molar-refractivity contribution in [2.24, 2.45) is 4.99 Å². The van der Waals surface area contributed by atoms with Crippen LogP contribution in [0.3, 0.4) is 0 Å². The number of halogens is 1. The van der Waals surface area contributed by atoms with Crippen LogP contribution in [0, 0.1) is 0 Å². The van der Waals surface area contributed by atoms with Crippen molar-refractivity contribution in [3.8, 4) is 0 Å². The Kier molecular flexibility index (Phi) is 11.7. The zero-order valence-corrected chi connectivity index (χ0v) is 21.2. The van der Waals surface area contributed by atoms with Crippen LogP contribution in [-0.2, 0) is 9.53 Å². The van der Waals surface area contributed by atoms with Crippen LogP contribution >= 0.6 is 24.0 Å². The normalized spacial score (nSPS) is 22.7. The third-order valence-electron chi connectivity index (χ3n) is 6.44. The number of morpholine rings is 1. The molecule has 9 heteroatoms. The zero-order valence-electron chi connectivity index (χ0n) is 18.9. The molecule has 0 spiro atoms. The number of rotatable bonds is 7. The van der Waals surface area contributed by atoms with Crippen molar-refractivity contribution >= 4 is 35.8 Å². The van der Waals surface area contributed by atoms with E-state index in [0.29, 0.717) is 5.91 Å². The summed E-state index contributed by atoms with van der Waals surface area (Å²) in [4.78, 5) is 26.3. The van der Waals surface area contributed by atoms with Crippen LogP contribution in [0.5, 0.6) is 0 Å². The minimum Gasteiger partial charge on any atom is -0.379 e. The molecule has 0 saturated carbocycles. The molecule has 3 saturated heterocycles. The highest BCUT2D eigenvalue weighted by molar-refractivity contribution is 14.0. The molecule has 0 aromatic rings. The van der Waals surface area contributed by atoms with Gasteiger partial charge in [0.25, 0.3) is 0 Å². The predicted octanol–water partition coefficient (Wildman–Crippen LogP) is 0.921. The lowest BCUT2D eigenvalue weighted by Crippen LogP contribution is -2.57. The fraction of sp³-hybridized carbons (Fsp3) is 0.905. The molecule has 1 amide bonds. The third kappa shape index (κ3) is 7.49. The molecule has 0 aromatic heterocycles. The highest BCUT2D eigenvalue weighted by atomic mass is 127. The van der Waals surface area contributed by atoms with Gasteiger partial charge in [-0.05, 0) is 39.2 Å². The number of aliphatic imine (C=N–C) groups is 1. The van der Waals surface area contributed by atoms with E-state index in [2.05, 4.69) is 31.9 Å². The summed E-state index contributed by atoms with van der Waals surface area (Å²) in [6.45, 7) is 13.6. The summed E-state index contributed by atoms with van der Waals surface area (Å²) in [6, 6.07) is -0.00888. The number of nitrogens with one attached hydrogen (secondary N) is 1. The molecule has 30 heavy (non-hydrogen) atoms. The minimum absolute atomic E-state index is 0. The van der Waals surface area contributed by atoms with Gasteiger partial charge in [0.15, 0.2) is 5.96 Å². The van der Waals surface area contributed by atoms with Crippen LogP contribution in [-0.4, -0.2) is 123 Å². The van der Waals surface area contributed by atoms with Gasteiger partial charge in [0.2, 0.25) is 5.91 Å². The smallest absolute Gasteiger partial charge is 0.239 e. The first-order chi connectivity index (χ1) is 14.2. The average molecular weight is 537 g/mol. The van der Waals surface area contributed by atoms with E-state index in [1.54, 1.807) is 0 Å². The van der Waals surface area contributed by atoms with Crippen LogP contribution in [0.25, 0.3) is 0 Å². The molecule has 0 aromatic carbocycles. The van der Waals surface area contributed by atoms with Gasteiger partial charge in [-0.3, -0.25) is 19.6 Å². The van der Waals surface area contributed by atoms with E-state index in [1.165, 1.54) is 6.42 Å². The van der Waals surface area contributed by atoms with E-state index >= 15 is 0 Å². The van der Waals surface area contributed by atoms with Crippen molar-refractivity contribution in [3.63, 3.8) is 0 Å². The van der Waals surface area contributed by atoms with E-state index in [9.17, 15) is 4.79 Å². The number of likely N-dealkylation sites (tertiary alicyclic amines) is 1. The Morgan fingerprint density at radius 3 is 2.27 bits per heavy atom. The van der Waals surface area contributed by atoms with Gasteiger partial charge >= 0.3 is 0 Å². The van der Waals surface area contributed by atoms with Crippen LogP contribution < -0.4 is 5.32 Å². The summed E-state index contributed by atoms with van der Waals surface area (Å²) in [6.07, 6.45) is 4.66. The maximum Gasteiger partial charge on any atom is 0.239 e. The number of nitrogens with zero attached hydrogens (tertiary/aromatic N) is 5. The van der Waals surface area contributed by atoms with Crippen LogP contribution in [0.15, 0.2) is 4.99 Å². The third-order valence-corrected chi connectivity index (χ3v) is 6.44. The highest BCUT2D eigenvalue weighted by Gasteiger charge is 2.30. The molecule has 3 heterocycles. The Labute approximate surface area is 199 Å². The largest absolute Gasteiger partial charge is 0.379 e. The Morgan fingerprint density at radius 1 is 0.967 bits per heavy atom. The second kappa shape index (κ2) is 13.7. The standard InChI is InChI=1S/C21H40N6O2.HI/c1-19(20(28)26-9-5-6-10-26)25-11-13-27(14-12-25)21(22-2)23-7-3-4-8-24-15-17-29-18-16-24;/h19H,3-18H2,1-2H3,(H,22,23);1H. The molecule has 0 bridgehead atoms. The lowest BCUT2D eigenvalue weighted by molar-refractivity contribution is -0.135. The Balaban J connectivity index is 0.00000320. The topological polar surface area (TPSA) is 63.7 Å². The van der Waals surface area contributed by atoms with Crippen molar-refractivity contribution in [2.45, 2.75) is 38.6 Å². The predicted molar refractivity (Wildman–Crippen MR) is 132 cm³/mol. The molecule has 174 valence electrons. The molecule has 3 aliphatic rings. The molecule has 3 rings (SSSR count). The Bertz CT molecular complexity index is 530. The number of guanidine groups is 1. The number of amides is 1. The molecule has 1 N–H and O–H groups in total. The molecule has 1 atom stereocenters. The lowest BCUT2D eigenvalue weighted by Gasteiger charge is -2.39. The van der Waals surface area contributed by atoms with Gasteiger partial charge in [-0.15, -0.1) is 24.0 Å². The first-order valence-corrected chi connectivity index (χ1v) is 11.5. The SMILES string of the molecule is CN=C(NCCCCN1CCOCC1)N1CCN(C(C)C(=O)N2CCCC2)CC1.I. The minimum atomic E-state index is -0.00888. The first kappa shape index (κ1) is 25.6. The van der Waals surface area contributed by atoms with E-state index < -0.39 is 0 Å². The van der Waals surface area contributed by atoms with E-state index in [1.807, 2.05) is 11.9 Å². The molecule has 8 nitrogen and oxygen atoms in total. The van der Waals surface area contributed by atoms with Crippen molar-refractivity contribution in [3.05, 3.63) is 0 Å². The van der Waals surface area contributed by atoms with Crippen molar-refractivity contribution in [2.75, 3.05) is 85.7 Å². The maximum atomic E-state index is 12.7. The quantitative estimate of drug-likeness (QED) is 0.226. The van der Waals surface area contributed by atoms with E-state index in [-0.39, 0.29) is 30.0 Å². The Hall–Kier alpha value is -0.650. The van der Waals surface area contributed by atoms with Crippen molar-refractivity contribution in [1.82, 2.24) is 24.9 Å². The van der Waals surface area contributed by atoms with E-state index in [4.69, 9.17) is 4.74 Å². The summed E-state index contributed by atoms with van der Waals surface area (Å²) in [5, 5.41) is 3.53. The van der Waals surface area contributed by atoms with Crippen LogP contribution in [0.4, 0.5) is 0 Å². The van der Waals surface area contributed by atoms with Crippen LogP contribution in [0.2, 0.25) is 0 Å². The number of hydrogen-bond donors (Lipinski definition) is 1. The molecular formula is C21H41IN6O2. The number of carbonyl (C=O) groups is 1. The van der Waals surface area contributed by atoms with Gasteiger partial charge in [0, 0.05) is 66.0 Å². The highest BCUT2D eigenvalue weighted by Crippen LogP contribution is 2.14. The number of carbonyl (C=O) groups excluding carboxylic acids is 1. The summed E-state index contributed by atoms with van der Waals surface area (Å²) in [5.74, 6) is 1.30. The van der Waals surface area contributed by atoms with Gasteiger partial charge in [0.05, 0.1) is 19.3 Å². The average Bonchev–Trinajstić information content (AvgIpc) is 3.31. The monoisotopic (exact) mass is 536 g/mol.